The second-order valence-corrected chi connectivity index (χ2v) is 3.50. The van der Waals surface area contributed by atoms with E-state index in [0.717, 1.165) is 4.88 Å². The van der Waals surface area contributed by atoms with Gasteiger partial charge in [0.05, 0.1) is 7.11 Å². The Kier molecular flexibility index (Phi) is 2.78. The largest absolute Gasteiger partial charge is 0.467 e. The van der Waals surface area contributed by atoms with E-state index in [1.807, 2.05) is 6.92 Å². The van der Waals surface area contributed by atoms with E-state index in [1.54, 1.807) is 6.20 Å². The van der Waals surface area contributed by atoms with Gasteiger partial charge in [-0.3, -0.25) is 0 Å². The van der Waals surface area contributed by atoms with Crippen molar-refractivity contribution >= 4 is 17.3 Å². The average molecular weight is 187 g/mol. The molecule has 1 N–H and O–H groups in total. The topological polar surface area (TPSA) is 59.4 Å². The van der Waals surface area contributed by atoms with Crippen LogP contribution in [0, 0.1) is 6.92 Å². The van der Waals surface area contributed by atoms with Crippen molar-refractivity contribution < 1.29 is 14.6 Å². The van der Waals surface area contributed by atoms with Gasteiger partial charge in [0.25, 0.3) is 0 Å². The van der Waals surface area contributed by atoms with Gasteiger partial charge in [0.15, 0.2) is 0 Å². The summed E-state index contributed by atoms with van der Waals surface area (Å²) in [4.78, 5) is 15.6. The second-order valence-electron chi connectivity index (χ2n) is 2.23. The van der Waals surface area contributed by atoms with E-state index < -0.39 is 12.1 Å². The zero-order chi connectivity index (χ0) is 9.14. The molecule has 66 valence electrons. The highest BCUT2D eigenvalue weighted by atomic mass is 32.1. The number of carbonyl (C=O) groups excluding carboxylic acids is 1. The van der Waals surface area contributed by atoms with Gasteiger partial charge in [0.2, 0.25) is 6.10 Å². The van der Waals surface area contributed by atoms with Crippen molar-refractivity contribution in [2.45, 2.75) is 13.0 Å². The van der Waals surface area contributed by atoms with Gasteiger partial charge in [0, 0.05) is 11.1 Å². The average Bonchev–Trinajstić information content (AvgIpc) is 2.49. The zero-order valence-corrected chi connectivity index (χ0v) is 7.59. The number of hydrogen-bond acceptors (Lipinski definition) is 5. The smallest absolute Gasteiger partial charge is 0.341 e. The maximum atomic E-state index is 10.8. The fraction of sp³-hybridized carbons (Fsp3) is 0.429. The number of aryl methyl sites for hydroxylation is 1. The highest BCUT2D eigenvalue weighted by molar-refractivity contribution is 7.11. The summed E-state index contributed by atoms with van der Waals surface area (Å²) in [5.41, 5.74) is 0. The molecule has 0 aliphatic rings. The molecule has 0 fully saturated rings. The Morgan fingerprint density at radius 2 is 2.50 bits per heavy atom. The molecule has 0 bridgehead atoms. The second kappa shape index (κ2) is 3.64. The lowest BCUT2D eigenvalue weighted by Gasteiger charge is -2.02. The molecule has 0 spiro atoms. The number of aliphatic hydroxyl groups is 1. The molecule has 4 nitrogen and oxygen atoms in total. The van der Waals surface area contributed by atoms with Crippen LogP contribution >= 0.6 is 11.3 Å². The summed E-state index contributed by atoms with van der Waals surface area (Å²) in [7, 11) is 1.23. The van der Waals surface area contributed by atoms with Crippen molar-refractivity contribution in [1.29, 1.82) is 0 Å². The van der Waals surface area contributed by atoms with Crippen LogP contribution in [-0.2, 0) is 9.53 Å². The number of esters is 1. The van der Waals surface area contributed by atoms with E-state index in [4.69, 9.17) is 0 Å². The quantitative estimate of drug-likeness (QED) is 0.691. The van der Waals surface area contributed by atoms with E-state index in [0.29, 0.717) is 5.01 Å². The van der Waals surface area contributed by atoms with Crippen molar-refractivity contribution in [3.8, 4) is 0 Å². The predicted molar refractivity (Wildman–Crippen MR) is 43.8 cm³/mol. The molecule has 0 radical (unpaired) electrons. The summed E-state index contributed by atoms with van der Waals surface area (Å²) in [6, 6.07) is 0. The summed E-state index contributed by atoms with van der Waals surface area (Å²) in [5.74, 6) is -0.677. The van der Waals surface area contributed by atoms with Crippen LogP contribution in [0.4, 0.5) is 0 Å². The first-order valence-electron chi connectivity index (χ1n) is 3.33. The van der Waals surface area contributed by atoms with Crippen LogP contribution in [0.25, 0.3) is 0 Å². The monoisotopic (exact) mass is 187 g/mol. The summed E-state index contributed by atoms with van der Waals surface area (Å²) in [5, 5.41) is 9.65. The van der Waals surface area contributed by atoms with Crippen molar-refractivity contribution in [2.75, 3.05) is 7.11 Å². The number of aromatic nitrogens is 1. The van der Waals surface area contributed by atoms with Crippen LogP contribution in [-0.4, -0.2) is 23.2 Å². The molecule has 1 rings (SSSR count). The number of methoxy groups -OCH3 is 1. The van der Waals surface area contributed by atoms with Crippen molar-refractivity contribution in [2.24, 2.45) is 0 Å². The first-order chi connectivity index (χ1) is 5.65. The van der Waals surface area contributed by atoms with Gasteiger partial charge >= 0.3 is 5.97 Å². The number of carbonyl (C=O) groups is 1. The Labute approximate surface area is 73.8 Å². The Morgan fingerprint density at radius 1 is 1.83 bits per heavy atom. The Hall–Kier alpha value is -0.940. The molecule has 1 unspecified atom stereocenters. The standard InChI is InChI=1S/C7H9NO3S/c1-4-3-8-6(12-4)5(9)7(10)11-2/h3,5,9H,1-2H3. The number of nitrogens with zero attached hydrogens (tertiary/aromatic N) is 1. The van der Waals surface area contributed by atoms with E-state index in [2.05, 4.69) is 9.72 Å². The summed E-state index contributed by atoms with van der Waals surface area (Å²) in [6.07, 6.45) is 0.361. The van der Waals surface area contributed by atoms with E-state index in [9.17, 15) is 9.90 Å². The lowest BCUT2D eigenvalue weighted by Crippen LogP contribution is -2.12. The zero-order valence-electron chi connectivity index (χ0n) is 6.77. The molecule has 1 heterocycles. The van der Waals surface area contributed by atoms with Crippen LogP contribution in [0.5, 0.6) is 0 Å². The lowest BCUT2D eigenvalue weighted by atomic mass is 10.4. The van der Waals surface area contributed by atoms with Gasteiger partial charge in [-0.05, 0) is 6.92 Å². The molecule has 0 aromatic carbocycles. The Balaban J connectivity index is 2.77. The van der Waals surface area contributed by atoms with Gasteiger partial charge in [-0.25, -0.2) is 9.78 Å². The number of aliphatic hydroxyl groups excluding tert-OH is 1. The van der Waals surface area contributed by atoms with Gasteiger partial charge in [-0.2, -0.15) is 0 Å². The molecule has 1 atom stereocenters. The fourth-order valence-corrected chi connectivity index (χ4v) is 1.46. The third-order valence-electron chi connectivity index (χ3n) is 1.30. The molecule has 0 amide bonds. The molecule has 0 saturated carbocycles. The van der Waals surface area contributed by atoms with Crippen LogP contribution in [0.2, 0.25) is 0 Å². The van der Waals surface area contributed by atoms with Gasteiger partial charge in [-0.1, -0.05) is 0 Å². The maximum Gasteiger partial charge on any atom is 0.341 e. The third-order valence-corrected chi connectivity index (χ3v) is 2.26. The summed E-state index contributed by atoms with van der Waals surface area (Å²) >= 11 is 1.28. The predicted octanol–water partition coefficient (Wildman–Crippen LogP) is 0.658. The highest BCUT2D eigenvalue weighted by Gasteiger charge is 2.20. The normalized spacial score (nSPS) is 12.6. The van der Waals surface area contributed by atoms with E-state index >= 15 is 0 Å². The van der Waals surface area contributed by atoms with Crippen molar-refractivity contribution in [3.63, 3.8) is 0 Å². The van der Waals surface area contributed by atoms with Crippen LogP contribution < -0.4 is 0 Å². The minimum absolute atomic E-state index is 0.374. The molecule has 1 aromatic heterocycles. The number of rotatable bonds is 2. The first kappa shape index (κ1) is 9.15. The molecule has 0 saturated heterocycles. The van der Waals surface area contributed by atoms with Gasteiger partial charge < -0.3 is 9.84 Å². The number of thiazole rings is 1. The van der Waals surface area contributed by atoms with Crippen LogP contribution in [0.3, 0.4) is 0 Å². The van der Waals surface area contributed by atoms with E-state index in [1.165, 1.54) is 18.4 Å². The minimum Gasteiger partial charge on any atom is -0.467 e. The maximum absolute atomic E-state index is 10.8. The summed E-state index contributed by atoms with van der Waals surface area (Å²) in [6.45, 7) is 1.85. The SMILES string of the molecule is COC(=O)C(O)c1ncc(C)s1. The fourth-order valence-electron chi connectivity index (χ4n) is 0.711. The minimum atomic E-state index is -1.24. The van der Waals surface area contributed by atoms with Gasteiger partial charge in [-0.15, -0.1) is 11.3 Å². The number of ether oxygens (including phenoxy) is 1. The van der Waals surface area contributed by atoms with Crippen LogP contribution in [0.1, 0.15) is 16.0 Å². The van der Waals surface area contributed by atoms with Crippen LogP contribution in [0.15, 0.2) is 6.20 Å². The first-order valence-corrected chi connectivity index (χ1v) is 4.15. The molecule has 12 heavy (non-hydrogen) atoms. The highest BCUT2D eigenvalue weighted by Crippen LogP contribution is 2.19. The molecule has 1 aromatic rings. The lowest BCUT2D eigenvalue weighted by molar-refractivity contribution is -0.150. The summed E-state index contributed by atoms with van der Waals surface area (Å²) < 4.78 is 4.35. The third kappa shape index (κ3) is 1.80. The molecule has 5 heteroatoms. The Bertz CT molecular complexity index is 284. The van der Waals surface area contributed by atoms with Gasteiger partial charge in [0.1, 0.15) is 5.01 Å². The molecule has 0 aliphatic carbocycles. The molecular weight excluding hydrogens is 178 g/mol. The Morgan fingerprint density at radius 3 is 2.92 bits per heavy atom. The number of hydrogen-bond donors (Lipinski definition) is 1. The molecular formula is C7H9NO3S. The van der Waals surface area contributed by atoms with Crippen molar-refractivity contribution in [3.05, 3.63) is 16.1 Å². The van der Waals surface area contributed by atoms with Crippen molar-refractivity contribution in [1.82, 2.24) is 4.98 Å². The molecule has 0 aliphatic heterocycles. The van der Waals surface area contributed by atoms with E-state index in [-0.39, 0.29) is 0 Å².